The number of benzene rings is 4. The lowest BCUT2D eigenvalue weighted by Crippen LogP contribution is -2.51. The Morgan fingerprint density at radius 1 is 0.720 bits per heavy atom. The topological polar surface area (TPSA) is 294 Å². The molecule has 6 N–H and O–H groups in total. The molecular formula is C53H62Br2Cl2N6O17P2. The fourth-order valence-electron chi connectivity index (χ4n) is 8.64. The van der Waals surface area contributed by atoms with Crippen LogP contribution >= 0.6 is 70.6 Å². The van der Waals surface area contributed by atoms with Gasteiger partial charge in [0.2, 0.25) is 0 Å². The minimum absolute atomic E-state index is 0.0433. The fourth-order valence-corrected chi connectivity index (χ4v) is 12.9. The lowest BCUT2D eigenvalue weighted by Gasteiger charge is -2.37. The van der Waals surface area contributed by atoms with Crippen LogP contribution in [0.5, 0.6) is 11.5 Å². The molecule has 5 aromatic rings. The Morgan fingerprint density at radius 3 is 1.61 bits per heavy atom. The van der Waals surface area contributed by atoms with Gasteiger partial charge in [0.05, 0.1) is 34.4 Å². The molecule has 0 aliphatic carbocycles. The van der Waals surface area contributed by atoms with Crippen molar-refractivity contribution in [2.75, 3.05) is 13.2 Å². The van der Waals surface area contributed by atoms with Gasteiger partial charge >= 0.3 is 33.1 Å². The average molecular weight is 1350 g/mol. The first-order chi connectivity index (χ1) is 38.4. The van der Waals surface area contributed by atoms with E-state index in [1.807, 2.05) is 42.5 Å². The Kier molecular flexibility index (Phi) is 20.9. The number of rotatable bonds is 20. The molecule has 2 fully saturated rings. The van der Waals surface area contributed by atoms with E-state index in [-0.39, 0.29) is 26.3 Å². The Hall–Kier alpha value is -4.95. The summed E-state index contributed by atoms with van der Waals surface area (Å²) < 4.78 is 75.3. The SMILES string of the molecule is C=C1NC(=O)C(Br)=CN1[C@@H]1O[C@H](CO[P@@](=O)(N[C@H](C)C(=O)OC(C)C)Oc2cccc3ccccc23)[C@@H](O)[C@@]1(C)Cl.CC(C)OC(=O)[C@@H](C)N[P@@](=O)(OC[C@H]1O[C@@H](n2cc(Br)c(=O)[nH]c2=O)[C@](C)(Cl)[C@@H]1O)Oc1cccc2ccccc12. The molecule has 2 saturated heterocycles. The Morgan fingerprint density at radius 2 is 1.15 bits per heavy atom. The van der Waals surface area contributed by atoms with Gasteiger partial charge < -0.3 is 48.4 Å². The fraction of sp³-hybridized carbons (Fsp3) is 0.415. The van der Waals surface area contributed by atoms with Crippen LogP contribution in [0.15, 0.2) is 128 Å². The number of halogens is 4. The standard InChI is InChI=1S/C27H32BrClN3O8P.C26H30BrClN3O9P/c1-15(2)38-25(35)16(3)31-41(36,40-21-12-8-10-18-9-6-7-11-19(18)21)37-14-22-23(33)27(5,29)26(39-22)32-13-20(28)24(34)30-17(32)4;1-14(2)38-23(34)15(3)30-41(36,40-19-11-7-9-16-8-5-6-10-17(16)19)37-13-20-21(32)26(4,28)24(39-20)31-12-18(27)22(33)29-25(31)35/h6-13,15-16,22-23,26,33H,4,14H2,1-3,5H3,(H,30,34)(H,31,36);5-12,14-15,20-21,24,32H,13H2,1-4H3,(H,30,36)(H,29,33,35)/t16-,22-,23-,26-,27-,41+;15-,20-,21-,24-,26-,41-/m11/s1. The van der Waals surface area contributed by atoms with Crippen molar-refractivity contribution in [2.45, 2.75) is 126 Å². The van der Waals surface area contributed by atoms with Crippen LogP contribution in [0.1, 0.15) is 61.6 Å². The number of aromatic nitrogens is 2. The summed E-state index contributed by atoms with van der Waals surface area (Å²) in [7, 11) is -8.64. The molecule has 4 aromatic carbocycles. The number of nitrogens with zero attached hydrogens (tertiary/aromatic N) is 2. The number of aliphatic hydroxyl groups is 2. The third-order valence-corrected chi connectivity index (χ3v) is 18.0. The van der Waals surface area contributed by atoms with Crippen LogP contribution in [-0.2, 0) is 51.5 Å². The van der Waals surface area contributed by atoms with Crippen molar-refractivity contribution < 1.29 is 70.8 Å². The monoisotopic (exact) mass is 1340 g/mol. The van der Waals surface area contributed by atoms with Crippen molar-refractivity contribution in [1.82, 2.24) is 29.9 Å². The number of hydrogen-bond donors (Lipinski definition) is 6. The third kappa shape index (κ3) is 15.1. The highest BCUT2D eigenvalue weighted by Gasteiger charge is 2.56. The van der Waals surface area contributed by atoms with Gasteiger partial charge in [-0.3, -0.25) is 37.8 Å². The quantitative estimate of drug-likeness (QED) is 0.0242. The van der Waals surface area contributed by atoms with Crippen molar-refractivity contribution in [3.8, 4) is 11.5 Å². The number of carbonyl (C=O) groups is 3. The van der Waals surface area contributed by atoms with Crippen LogP contribution in [-0.4, -0.2) is 120 Å². The van der Waals surface area contributed by atoms with Gasteiger partial charge in [-0.15, -0.1) is 23.2 Å². The van der Waals surface area contributed by atoms with Gasteiger partial charge in [-0.05, 0) is 110 Å². The van der Waals surface area contributed by atoms with E-state index in [0.717, 1.165) is 15.3 Å². The van der Waals surface area contributed by atoms with Gasteiger partial charge in [0.1, 0.15) is 63.6 Å². The first kappa shape index (κ1) is 64.6. The number of hydrogen-bond acceptors (Lipinski definition) is 18. The first-order valence-electron chi connectivity index (χ1n) is 25.5. The average Bonchev–Trinajstić information content (AvgIpc) is 2.92. The second kappa shape index (κ2) is 26.5. The van der Waals surface area contributed by atoms with E-state index in [1.165, 1.54) is 38.1 Å². The predicted molar refractivity (Wildman–Crippen MR) is 312 cm³/mol. The summed E-state index contributed by atoms with van der Waals surface area (Å²) in [6, 6.07) is 22.8. The molecule has 3 aliphatic rings. The Balaban J connectivity index is 0.000000236. The number of carbonyl (C=O) groups excluding carboxylic acids is 3. The molecule has 3 aliphatic heterocycles. The Labute approximate surface area is 498 Å². The molecule has 4 heterocycles. The van der Waals surface area contributed by atoms with Crippen molar-refractivity contribution in [1.29, 1.82) is 0 Å². The number of ether oxygens (including phenoxy) is 4. The molecule has 1 aromatic heterocycles. The molecule has 82 heavy (non-hydrogen) atoms. The molecule has 29 heteroatoms. The van der Waals surface area contributed by atoms with Crippen molar-refractivity contribution in [3.05, 3.63) is 140 Å². The lowest BCUT2D eigenvalue weighted by atomic mass is 10.0. The van der Waals surface area contributed by atoms with Gasteiger partial charge in [0.25, 0.3) is 11.5 Å². The Bertz CT molecular complexity index is 3450. The first-order valence-corrected chi connectivity index (χ1v) is 30.9. The minimum Gasteiger partial charge on any atom is -0.462 e. The highest BCUT2D eigenvalue weighted by atomic mass is 79.9. The number of alkyl halides is 2. The van der Waals surface area contributed by atoms with Crippen LogP contribution in [0.25, 0.3) is 21.5 Å². The summed E-state index contributed by atoms with van der Waals surface area (Å²) in [5.74, 6) is -1.07. The van der Waals surface area contributed by atoms with Crippen molar-refractivity contribution >= 4 is 110 Å². The zero-order chi connectivity index (χ0) is 60.2. The summed E-state index contributed by atoms with van der Waals surface area (Å²) in [5.41, 5.74) is -1.46. The van der Waals surface area contributed by atoms with E-state index >= 15 is 0 Å². The minimum atomic E-state index is -4.34. The number of nitrogens with one attached hydrogen (secondary N) is 4. The zero-order valence-electron chi connectivity index (χ0n) is 45.5. The van der Waals surface area contributed by atoms with E-state index in [0.29, 0.717) is 10.8 Å². The highest BCUT2D eigenvalue weighted by molar-refractivity contribution is 9.12. The molecule has 23 nitrogen and oxygen atoms in total. The second-order valence-corrected chi connectivity index (χ2v) is 26.8. The summed E-state index contributed by atoms with van der Waals surface area (Å²) in [5, 5.41) is 32.9. The largest absolute Gasteiger partial charge is 0.462 e. The summed E-state index contributed by atoms with van der Waals surface area (Å²) >= 11 is 19.6. The molecule has 0 unspecified atom stereocenters. The van der Waals surface area contributed by atoms with Crippen LogP contribution in [0.3, 0.4) is 0 Å². The second-order valence-electron chi connectivity index (χ2n) is 20.1. The lowest BCUT2D eigenvalue weighted by molar-refractivity contribution is -0.150. The van der Waals surface area contributed by atoms with Gasteiger partial charge in [-0.25, -0.2) is 13.9 Å². The molecular weight excluding hydrogens is 1290 g/mol. The van der Waals surface area contributed by atoms with Gasteiger partial charge in [0, 0.05) is 23.2 Å². The van der Waals surface area contributed by atoms with Crippen LogP contribution in [0.4, 0.5) is 0 Å². The predicted octanol–water partition coefficient (Wildman–Crippen LogP) is 8.34. The van der Waals surface area contributed by atoms with Crippen LogP contribution in [0, 0.1) is 0 Å². The van der Waals surface area contributed by atoms with E-state index in [9.17, 15) is 43.3 Å². The number of fused-ring (bicyclic) bond motifs is 2. The molecule has 0 bridgehead atoms. The van der Waals surface area contributed by atoms with Crippen molar-refractivity contribution in [2.24, 2.45) is 0 Å². The van der Waals surface area contributed by atoms with Crippen molar-refractivity contribution in [3.63, 3.8) is 0 Å². The molecule has 0 radical (unpaired) electrons. The van der Waals surface area contributed by atoms with E-state index in [2.05, 4.69) is 58.9 Å². The highest BCUT2D eigenvalue weighted by Crippen LogP contribution is 2.51. The maximum absolute atomic E-state index is 14.1. The van der Waals surface area contributed by atoms with Gasteiger partial charge in [-0.2, -0.15) is 10.2 Å². The van der Waals surface area contributed by atoms with Gasteiger partial charge in [0.15, 0.2) is 12.5 Å². The number of amides is 1. The van der Waals surface area contributed by atoms with Crippen LogP contribution < -0.4 is 35.8 Å². The summed E-state index contributed by atoms with van der Waals surface area (Å²) in [6.45, 7) is 15.6. The summed E-state index contributed by atoms with van der Waals surface area (Å²) in [4.78, 5) is 61.9. The molecule has 0 saturated carbocycles. The smallest absolute Gasteiger partial charge is 0.459 e. The number of aromatic amines is 1. The number of H-pyrrole nitrogens is 1. The normalized spacial score (nSPS) is 25.8. The van der Waals surface area contributed by atoms with E-state index < -0.39 is 129 Å². The molecule has 1 amide bonds. The molecule has 8 rings (SSSR count). The van der Waals surface area contributed by atoms with E-state index in [4.69, 9.17) is 60.2 Å². The van der Waals surface area contributed by atoms with Gasteiger partial charge in [-0.1, -0.05) is 79.4 Å². The zero-order valence-corrected chi connectivity index (χ0v) is 51.9. The maximum Gasteiger partial charge on any atom is 0.459 e. The third-order valence-electron chi connectivity index (χ3n) is 12.8. The summed E-state index contributed by atoms with van der Waals surface area (Å²) in [6.07, 6.45) is -5.38. The number of esters is 2. The number of aliphatic hydroxyl groups excluding tert-OH is 2. The molecule has 444 valence electrons. The molecule has 0 spiro atoms. The van der Waals surface area contributed by atoms with Crippen LogP contribution in [0.2, 0.25) is 0 Å². The molecule has 12 atom stereocenters. The van der Waals surface area contributed by atoms with E-state index in [1.54, 1.807) is 77.1 Å². The maximum atomic E-state index is 14.1.